The maximum Gasteiger partial charge on any atom is 0.410 e. The van der Waals surface area contributed by atoms with Crippen molar-refractivity contribution in [3.63, 3.8) is 0 Å². The molecule has 0 radical (unpaired) electrons. The second kappa shape index (κ2) is 8.09. The van der Waals surface area contributed by atoms with Crippen molar-refractivity contribution >= 4 is 29.5 Å². The van der Waals surface area contributed by atoms with Crippen LogP contribution < -0.4 is 0 Å². The molecule has 0 aliphatic carbocycles. The fourth-order valence-corrected chi connectivity index (χ4v) is 3.13. The molecule has 0 bridgehead atoms. The molecule has 4 amide bonds. The summed E-state index contributed by atoms with van der Waals surface area (Å²) < 4.78 is 4.94. The van der Waals surface area contributed by atoms with Crippen molar-refractivity contribution in [1.29, 1.82) is 0 Å². The molecule has 0 atom stereocenters. The lowest BCUT2D eigenvalue weighted by Gasteiger charge is -2.34. The van der Waals surface area contributed by atoms with Gasteiger partial charge in [-0.25, -0.2) is 4.79 Å². The van der Waals surface area contributed by atoms with Crippen LogP contribution in [-0.2, 0) is 9.53 Å². The number of non-ortho nitro benzene ring substituents is 1. The van der Waals surface area contributed by atoms with Crippen LogP contribution in [0.1, 0.15) is 20.7 Å². The maximum absolute atomic E-state index is 12.5. The third kappa shape index (κ3) is 3.93. The number of rotatable bonds is 5. The lowest BCUT2D eigenvalue weighted by molar-refractivity contribution is -0.384. The van der Waals surface area contributed by atoms with Gasteiger partial charge in [-0.1, -0.05) is 12.7 Å². The Labute approximate surface area is 165 Å². The van der Waals surface area contributed by atoms with Crippen LogP contribution in [0.25, 0.3) is 0 Å². The van der Waals surface area contributed by atoms with Gasteiger partial charge in [-0.2, -0.15) is 0 Å². The number of imide groups is 1. The molecule has 0 saturated carbocycles. The minimum atomic E-state index is -0.742. The van der Waals surface area contributed by atoms with Crippen LogP contribution in [0.4, 0.5) is 10.5 Å². The molecule has 11 nitrogen and oxygen atoms in total. The van der Waals surface area contributed by atoms with Gasteiger partial charge in [-0.15, -0.1) is 0 Å². The molecule has 0 spiro atoms. The summed E-state index contributed by atoms with van der Waals surface area (Å²) in [5.41, 5.74) is -0.368. The summed E-state index contributed by atoms with van der Waals surface area (Å²) in [5, 5.41) is 10.9. The number of carbonyl (C=O) groups excluding carboxylic acids is 4. The van der Waals surface area contributed by atoms with E-state index in [4.69, 9.17) is 4.74 Å². The highest BCUT2D eigenvalue weighted by molar-refractivity contribution is 6.22. The monoisotopic (exact) mass is 402 g/mol. The van der Waals surface area contributed by atoms with Gasteiger partial charge >= 0.3 is 6.09 Å². The van der Waals surface area contributed by atoms with Crippen molar-refractivity contribution < 1.29 is 28.8 Å². The average molecular weight is 402 g/mol. The molecule has 152 valence electrons. The number of ether oxygens (including phenoxy) is 1. The topological polar surface area (TPSA) is 130 Å². The number of fused-ring (bicyclic) bond motifs is 1. The van der Waals surface area contributed by atoms with Gasteiger partial charge in [0.05, 0.1) is 16.1 Å². The van der Waals surface area contributed by atoms with Crippen molar-refractivity contribution in [1.82, 2.24) is 14.7 Å². The summed E-state index contributed by atoms with van der Waals surface area (Å²) in [6.45, 7) is 4.07. The van der Waals surface area contributed by atoms with E-state index in [0.717, 1.165) is 17.0 Å². The number of hydrogen-bond acceptors (Lipinski definition) is 7. The SMILES string of the molecule is C=CCOC(=O)N1CCN(C(=O)CN2C(=O)c3ccc([N+](=O)[O-])cc3C2=O)CC1. The molecule has 11 heteroatoms. The third-order valence-corrected chi connectivity index (χ3v) is 4.67. The van der Waals surface area contributed by atoms with Gasteiger partial charge in [0.25, 0.3) is 17.5 Å². The smallest absolute Gasteiger partial charge is 0.410 e. The largest absolute Gasteiger partial charge is 0.445 e. The van der Waals surface area contributed by atoms with Crippen LogP contribution >= 0.6 is 0 Å². The fraction of sp³-hybridized carbons (Fsp3) is 0.333. The number of piperazine rings is 1. The van der Waals surface area contributed by atoms with E-state index in [2.05, 4.69) is 6.58 Å². The highest BCUT2D eigenvalue weighted by Crippen LogP contribution is 2.26. The van der Waals surface area contributed by atoms with Crippen molar-refractivity contribution in [3.05, 3.63) is 52.1 Å². The highest BCUT2D eigenvalue weighted by Gasteiger charge is 2.39. The van der Waals surface area contributed by atoms with Crippen LogP contribution in [0.15, 0.2) is 30.9 Å². The fourth-order valence-electron chi connectivity index (χ4n) is 3.13. The Morgan fingerprint density at radius 3 is 2.34 bits per heavy atom. The first kappa shape index (κ1) is 20.0. The molecule has 0 N–H and O–H groups in total. The molecule has 1 saturated heterocycles. The standard InChI is InChI=1S/C18H18N4O7/c1-2-9-29-18(26)20-7-5-19(6-8-20)15(23)11-21-16(24)13-4-3-12(22(27)28)10-14(13)17(21)25/h2-4,10H,1,5-9,11H2. The van der Waals surface area contributed by atoms with Crippen LogP contribution in [-0.4, -0.2) is 82.8 Å². The number of nitro benzene ring substituents is 1. The van der Waals surface area contributed by atoms with E-state index in [1.807, 2.05) is 0 Å². The van der Waals surface area contributed by atoms with Gasteiger partial charge in [0.1, 0.15) is 13.2 Å². The highest BCUT2D eigenvalue weighted by atomic mass is 16.6. The number of nitrogens with zero attached hydrogens (tertiary/aromatic N) is 4. The molecule has 2 aliphatic rings. The van der Waals surface area contributed by atoms with Crippen molar-refractivity contribution in [2.24, 2.45) is 0 Å². The Morgan fingerprint density at radius 2 is 1.72 bits per heavy atom. The average Bonchev–Trinajstić information content (AvgIpc) is 2.96. The summed E-state index contributed by atoms with van der Waals surface area (Å²) in [5.74, 6) is -1.86. The van der Waals surface area contributed by atoms with Gasteiger partial charge < -0.3 is 14.5 Å². The minimum Gasteiger partial charge on any atom is -0.445 e. The molecule has 0 aromatic heterocycles. The first-order chi connectivity index (χ1) is 13.8. The first-order valence-corrected chi connectivity index (χ1v) is 8.78. The van der Waals surface area contributed by atoms with Gasteiger partial charge in [0, 0.05) is 38.3 Å². The zero-order valence-electron chi connectivity index (χ0n) is 15.4. The Morgan fingerprint density at radius 1 is 1.10 bits per heavy atom. The molecule has 1 aromatic carbocycles. The van der Waals surface area contributed by atoms with E-state index < -0.39 is 35.3 Å². The molecular weight excluding hydrogens is 384 g/mol. The number of benzene rings is 1. The molecule has 0 unspecified atom stereocenters. The summed E-state index contributed by atoms with van der Waals surface area (Å²) >= 11 is 0. The second-order valence-electron chi connectivity index (χ2n) is 6.42. The van der Waals surface area contributed by atoms with Gasteiger partial charge in [0.2, 0.25) is 5.91 Å². The zero-order chi connectivity index (χ0) is 21.1. The number of nitro groups is 1. The van der Waals surface area contributed by atoms with Crippen LogP contribution in [0.5, 0.6) is 0 Å². The molecular formula is C18H18N4O7. The van der Waals surface area contributed by atoms with Crippen molar-refractivity contribution in [2.45, 2.75) is 0 Å². The minimum absolute atomic E-state index is 0.0307. The Hall–Kier alpha value is -3.76. The zero-order valence-corrected chi connectivity index (χ0v) is 15.4. The molecule has 1 aromatic rings. The number of hydrogen-bond donors (Lipinski definition) is 0. The molecule has 1 fully saturated rings. The Balaban J connectivity index is 1.61. The summed E-state index contributed by atoms with van der Waals surface area (Å²) in [6.07, 6.45) is 0.952. The van der Waals surface area contributed by atoms with Gasteiger partial charge in [-0.05, 0) is 6.07 Å². The van der Waals surface area contributed by atoms with E-state index >= 15 is 0 Å². The lowest BCUT2D eigenvalue weighted by atomic mass is 10.1. The van der Waals surface area contributed by atoms with Crippen LogP contribution in [0, 0.1) is 10.1 Å². The van der Waals surface area contributed by atoms with E-state index in [1.165, 1.54) is 21.9 Å². The number of amides is 4. The summed E-state index contributed by atoms with van der Waals surface area (Å²) in [7, 11) is 0. The lowest BCUT2D eigenvalue weighted by Crippen LogP contribution is -2.53. The number of carbonyl (C=O) groups is 4. The summed E-state index contributed by atoms with van der Waals surface area (Å²) in [6, 6.07) is 3.39. The third-order valence-electron chi connectivity index (χ3n) is 4.67. The molecule has 2 heterocycles. The molecule has 3 rings (SSSR count). The Bertz CT molecular complexity index is 905. The van der Waals surface area contributed by atoms with Gasteiger partial charge in [-0.3, -0.25) is 29.4 Å². The second-order valence-corrected chi connectivity index (χ2v) is 6.42. The predicted octanol–water partition coefficient (Wildman–Crippen LogP) is 0.658. The van der Waals surface area contributed by atoms with E-state index in [1.54, 1.807) is 0 Å². The summed E-state index contributed by atoms with van der Waals surface area (Å²) in [4.78, 5) is 63.2. The van der Waals surface area contributed by atoms with Crippen LogP contribution in [0.3, 0.4) is 0 Å². The van der Waals surface area contributed by atoms with Crippen LogP contribution in [0.2, 0.25) is 0 Å². The van der Waals surface area contributed by atoms with E-state index in [9.17, 15) is 29.3 Å². The van der Waals surface area contributed by atoms with E-state index in [0.29, 0.717) is 0 Å². The van der Waals surface area contributed by atoms with E-state index in [-0.39, 0.29) is 49.6 Å². The first-order valence-electron chi connectivity index (χ1n) is 8.78. The van der Waals surface area contributed by atoms with Crippen molar-refractivity contribution in [2.75, 3.05) is 39.3 Å². The van der Waals surface area contributed by atoms with Gasteiger partial charge in [0.15, 0.2) is 0 Å². The maximum atomic E-state index is 12.5. The normalized spacial score (nSPS) is 15.9. The Kier molecular flexibility index (Phi) is 5.57. The van der Waals surface area contributed by atoms with Crippen molar-refractivity contribution in [3.8, 4) is 0 Å². The quantitative estimate of drug-likeness (QED) is 0.306. The molecule has 29 heavy (non-hydrogen) atoms. The molecule has 2 aliphatic heterocycles. The predicted molar refractivity (Wildman–Crippen MR) is 98.2 cm³/mol.